The molecule has 8 rings (SSSR count). The monoisotopic (exact) mass is 942 g/mol. The number of aliphatic carboxylic acids is 1. The molecule has 8 aromatic rings. The van der Waals surface area contributed by atoms with Gasteiger partial charge in [-0.15, -0.1) is 0 Å². The Hall–Kier alpha value is -7.24. The van der Waals surface area contributed by atoms with Crippen molar-refractivity contribution in [2.24, 2.45) is 11.5 Å². The average molecular weight is 943 g/mol. The fraction of sp³-hybridized carbons (Fsp3) is 0.176. The third kappa shape index (κ3) is 11.4. The van der Waals surface area contributed by atoms with Crippen LogP contribution in [0.3, 0.4) is 0 Å². The molecule has 0 aliphatic rings. The third-order valence-electron chi connectivity index (χ3n) is 11.0. The first-order valence-corrected chi connectivity index (χ1v) is 24.7. The van der Waals surface area contributed by atoms with E-state index in [2.05, 4.69) is 0 Å². The zero-order valence-electron chi connectivity index (χ0n) is 37.1. The van der Waals surface area contributed by atoms with E-state index in [4.69, 9.17) is 30.8 Å². The highest BCUT2D eigenvalue weighted by Gasteiger charge is 2.18. The molecule has 0 spiro atoms. The van der Waals surface area contributed by atoms with Crippen LogP contribution in [0, 0.1) is 0 Å². The summed E-state index contributed by atoms with van der Waals surface area (Å²) < 4.78 is 68.8. The number of carboxylic acids is 1. The highest BCUT2D eigenvalue weighted by Crippen LogP contribution is 2.35. The number of aromatic nitrogens is 2. The lowest BCUT2D eigenvalue weighted by Gasteiger charge is -2.14. The molecule has 0 amide bonds. The van der Waals surface area contributed by atoms with E-state index in [1.165, 1.54) is 21.3 Å². The number of esters is 1. The zero-order chi connectivity index (χ0) is 47.9. The SMILES string of the molecule is COC(=O)Cc1ccccc1OCc1cc(-c2cccc(CN)c2)c2ccn(S(C)(=O)=O)c2c1.CS(=O)(=O)n1ccc2c(-c3cccc(CN)c3)cc(COc3ccccc3CC(=O)O)cc21. The minimum absolute atomic E-state index is 0.0970. The number of carboxylic acid groups (broad SMARTS) is 1. The Balaban J connectivity index is 0.000000199. The van der Waals surface area contributed by atoms with Crippen molar-refractivity contribution in [2.75, 3.05) is 19.6 Å². The molecule has 0 bridgehead atoms. The van der Waals surface area contributed by atoms with E-state index in [1.54, 1.807) is 60.9 Å². The van der Waals surface area contributed by atoms with Crippen molar-refractivity contribution in [3.8, 4) is 33.8 Å². The maximum absolute atomic E-state index is 12.4. The number of hydrogen-bond acceptors (Lipinski definition) is 11. The summed E-state index contributed by atoms with van der Waals surface area (Å²) in [5.74, 6) is -0.255. The van der Waals surface area contributed by atoms with Gasteiger partial charge in [0.15, 0.2) is 0 Å². The van der Waals surface area contributed by atoms with E-state index < -0.39 is 26.0 Å². The lowest BCUT2D eigenvalue weighted by atomic mass is 9.97. The molecule has 0 saturated carbocycles. The Morgan fingerprint density at radius 1 is 0.552 bits per heavy atom. The number of nitrogens with zero attached hydrogens (tertiary/aromatic N) is 2. The first-order chi connectivity index (χ1) is 32.1. The van der Waals surface area contributed by atoms with Gasteiger partial charge >= 0.3 is 11.9 Å². The highest BCUT2D eigenvalue weighted by atomic mass is 32.2. The van der Waals surface area contributed by atoms with E-state index in [-0.39, 0.29) is 32.0 Å². The lowest BCUT2D eigenvalue weighted by Crippen LogP contribution is -2.09. The van der Waals surface area contributed by atoms with E-state index in [0.717, 1.165) is 61.5 Å². The molecule has 0 radical (unpaired) electrons. The number of benzene rings is 6. The van der Waals surface area contributed by atoms with Gasteiger partial charge in [-0.3, -0.25) is 9.59 Å². The number of hydrogen-bond donors (Lipinski definition) is 3. The zero-order valence-corrected chi connectivity index (χ0v) is 38.7. The summed E-state index contributed by atoms with van der Waals surface area (Å²) in [5.41, 5.74) is 21.1. The van der Waals surface area contributed by atoms with Gasteiger partial charge in [-0.1, -0.05) is 72.8 Å². The number of para-hydroxylation sites is 2. The van der Waals surface area contributed by atoms with Gasteiger partial charge in [-0.25, -0.2) is 24.8 Å². The van der Waals surface area contributed by atoms with Crippen LogP contribution in [0.2, 0.25) is 0 Å². The summed E-state index contributed by atoms with van der Waals surface area (Å²) in [7, 11) is -5.67. The van der Waals surface area contributed by atoms with Crippen LogP contribution in [0.15, 0.2) is 146 Å². The van der Waals surface area contributed by atoms with Gasteiger partial charge in [0.25, 0.3) is 0 Å². The maximum Gasteiger partial charge on any atom is 0.310 e. The normalized spacial score (nSPS) is 11.5. The Morgan fingerprint density at radius 3 is 1.39 bits per heavy atom. The quantitative estimate of drug-likeness (QED) is 0.0798. The summed E-state index contributed by atoms with van der Waals surface area (Å²) >= 11 is 0. The van der Waals surface area contributed by atoms with Crippen LogP contribution < -0.4 is 20.9 Å². The van der Waals surface area contributed by atoms with Gasteiger partial charge in [0.1, 0.15) is 24.7 Å². The second-order valence-corrected chi connectivity index (χ2v) is 19.5. The van der Waals surface area contributed by atoms with E-state index >= 15 is 0 Å². The Kier molecular flexibility index (Phi) is 14.6. The van der Waals surface area contributed by atoms with Crippen molar-refractivity contribution >= 4 is 53.8 Å². The lowest BCUT2D eigenvalue weighted by molar-refractivity contribution is -0.140. The fourth-order valence-electron chi connectivity index (χ4n) is 7.80. The standard InChI is InChI=1S/C26H26N2O5S.C25H24N2O5S/c1-32-26(29)15-21-7-3-4-9-25(21)33-17-19-13-23(20-8-5-6-18(12-20)16-27)22-10-11-28(24(22)14-19)34(2,30)31;1-33(30,31)27-10-9-21-22(19-7-4-5-17(11-19)15-26)12-18(13-23(21)27)16-32-24-8-3-2-6-20(24)14-25(28)29/h3-14H,15-17,27H2,1-2H3;2-13H,14-16,26H2,1H3,(H,28,29). The number of nitrogens with two attached hydrogens (primary N) is 2. The van der Waals surface area contributed by atoms with E-state index in [1.807, 2.05) is 84.9 Å². The molecule has 67 heavy (non-hydrogen) atoms. The van der Waals surface area contributed by atoms with Gasteiger partial charge in [-0.2, -0.15) is 0 Å². The third-order valence-corrected chi connectivity index (χ3v) is 13.0. The Labute approximate surface area is 389 Å². The van der Waals surface area contributed by atoms with Crippen molar-refractivity contribution in [1.29, 1.82) is 0 Å². The molecule has 0 aliphatic heterocycles. The van der Waals surface area contributed by atoms with Crippen LogP contribution in [0.1, 0.15) is 33.4 Å². The molecule has 2 heterocycles. The van der Waals surface area contributed by atoms with Gasteiger partial charge in [0.2, 0.25) is 20.0 Å². The van der Waals surface area contributed by atoms with Gasteiger partial charge in [-0.05, 0) is 105 Å². The fourth-order valence-corrected chi connectivity index (χ4v) is 9.38. The number of fused-ring (bicyclic) bond motifs is 2. The largest absolute Gasteiger partial charge is 0.489 e. The average Bonchev–Trinajstić information content (AvgIpc) is 3.96. The summed E-state index contributed by atoms with van der Waals surface area (Å²) in [5, 5.41) is 10.8. The van der Waals surface area contributed by atoms with Crippen LogP contribution >= 0.6 is 0 Å². The summed E-state index contributed by atoms with van der Waals surface area (Å²) in [6, 6.07) is 41.1. The van der Waals surface area contributed by atoms with Crippen LogP contribution in [0.4, 0.5) is 0 Å². The first kappa shape index (κ1) is 47.7. The van der Waals surface area contributed by atoms with Crippen molar-refractivity contribution in [3.63, 3.8) is 0 Å². The molecule has 16 heteroatoms. The molecule has 5 N–H and O–H groups in total. The van der Waals surface area contributed by atoms with E-state index in [0.29, 0.717) is 46.7 Å². The molecule has 346 valence electrons. The van der Waals surface area contributed by atoms with Crippen LogP contribution in [-0.4, -0.2) is 61.4 Å². The minimum Gasteiger partial charge on any atom is -0.489 e. The predicted octanol–water partition coefficient (Wildman–Crippen LogP) is 7.65. The molecular weight excluding hydrogens is 893 g/mol. The number of methoxy groups -OCH3 is 1. The van der Waals surface area contributed by atoms with Crippen molar-refractivity contribution < 1.29 is 45.7 Å². The van der Waals surface area contributed by atoms with Gasteiger partial charge in [0.05, 0.1) is 43.5 Å². The number of ether oxygens (including phenoxy) is 3. The Bertz CT molecular complexity index is 3340. The second kappa shape index (κ2) is 20.5. The number of carbonyl (C=O) groups is 2. The molecule has 0 fully saturated rings. The molecule has 0 atom stereocenters. The number of carbonyl (C=O) groups excluding carboxylic acids is 1. The maximum atomic E-state index is 12.4. The molecular formula is C51H50N4O10S2. The molecule has 2 aromatic heterocycles. The molecule has 6 aromatic carbocycles. The molecule has 14 nitrogen and oxygen atoms in total. The highest BCUT2D eigenvalue weighted by molar-refractivity contribution is 7.89. The van der Waals surface area contributed by atoms with E-state index in [9.17, 15) is 26.4 Å². The summed E-state index contributed by atoms with van der Waals surface area (Å²) in [6.45, 7) is 1.13. The van der Waals surface area contributed by atoms with Crippen molar-refractivity contribution in [1.82, 2.24) is 7.94 Å². The summed E-state index contributed by atoms with van der Waals surface area (Å²) in [4.78, 5) is 22.9. The van der Waals surface area contributed by atoms with Gasteiger partial charge in [0, 0.05) is 47.4 Å². The molecule has 0 unspecified atom stereocenters. The second-order valence-electron chi connectivity index (χ2n) is 15.8. The molecule has 0 aliphatic carbocycles. The van der Waals surface area contributed by atoms with Gasteiger partial charge < -0.3 is 30.8 Å². The predicted molar refractivity (Wildman–Crippen MR) is 260 cm³/mol. The minimum atomic E-state index is -3.51. The number of rotatable bonds is 16. The van der Waals surface area contributed by atoms with Crippen LogP contribution in [0.25, 0.3) is 44.1 Å². The van der Waals surface area contributed by atoms with Crippen molar-refractivity contribution in [3.05, 3.63) is 179 Å². The molecule has 0 saturated heterocycles. The van der Waals surface area contributed by atoms with Crippen molar-refractivity contribution in [2.45, 2.75) is 39.1 Å². The first-order valence-electron chi connectivity index (χ1n) is 21.0. The van der Waals surface area contributed by atoms with Crippen LogP contribution in [0.5, 0.6) is 11.5 Å². The Morgan fingerprint density at radius 2 is 0.985 bits per heavy atom. The van der Waals surface area contributed by atoms with Crippen LogP contribution in [-0.2, 0) is 73.5 Å². The smallest absolute Gasteiger partial charge is 0.310 e. The summed E-state index contributed by atoms with van der Waals surface area (Å²) in [6.07, 6.45) is 5.39. The topological polar surface area (TPSA) is 212 Å².